The van der Waals surface area contributed by atoms with Gasteiger partial charge in [-0.2, -0.15) is 0 Å². The second-order valence-electron chi connectivity index (χ2n) is 13.5. The van der Waals surface area contributed by atoms with Gasteiger partial charge in [-0.15, -0.1) is 0 Å². The predicted octanol–water partition coefficient (Wildman–Crippen LogP) is 10.2. The quantitative estimate of drug-likeness (QED) is 0.147. The maximum atomic E-state index is 14.3. The van der Waals surface area contributed by atoms with E-state index in [4.69, 9.17) is 0 Å². The van der Waals surface area contributed by atoms with Crippen LogP contribution in [0.1, 0.15) is 94.8 Å². The highest BCUT2D eigenvalue weighted by molar-refractivity contribution is 6.09. The molecule has 8 nitrogen and oxygen atoms in total. The number of amides is 6. The first kappa shape index (κ1) is 37.2. The standard InChI is InChI=1S/C46H44N4O4/c1-31(35-17-9-5-10-18-35)47-45(53)49(33(3)37-21-13-7-14-22-37)43(51)41-27-25-40-30-42(28-26-39(40)29-41)44(52)50(34(4)38-23-15-8-16-24-38)46(54)48-32(2)36-19-11-6-12-20-36/h5-34H,1-4H3,(H,47,53)(H,48,54)/t31-,32-,33-,34-/m0/s1. The van der Waals surface area contributed by atoms with Crippen LogP contribution < -0.4 is 10.6 Å². The number of urea groups is 2. The number of hydrogen-bond acceptors (Lipinski definition) is 4. The SMILES string of the molecule is C[C@H](NC(=O)N(C(=O)c1ccc2cc(C(=O)N(C(=O)N[C@@H](C)c3ccccc3)[C@@H](C)c3ccccc3)ccc2c1)[C@@H](C)c1ccccc1)c1ccccc1. The average Bonchev–Trinajstić information content (AvgIpc) is 3.21. The third-order valence-electron chi connectivity index (χ3n) is 9.83. The molecule has 6 aromatic carbocycles. The fraction of sp³-hybridized carbons (Fsp3) is 0.174. The topological polar surface area (TPSA) is 98.8 Å². The van der Waals surface area contributed by atoms with Gasteiger partial charge < -0.3 is 10.6 Å². The molecule has 0 radical (unpaired) electrons. The predicted molar refractivity (Wildman–Crippen MR) is 213 cm³/mol. The molecular formula is C46H44N4O4. The van der Waals surface area contributed by atoms with Crippen molar-refractivity contribution in [2.24, 2.45) is 0 Å². The van der Waals surface area contributed by atoms with Crippen LogP contribution in [0, 0.1) is 0 Å². The molecule has 0 fully saturated rings. The third kappa shape index (κ3) is 8.40. The molecule has 272 valence electrons. The number of hydrogen-bond donors (Lipinski definition) is 2. The minimum atomic E-state index is -0.564. The third-order valence-corrected chi connectivity index (χ3v) is 9.83. The number of fused-ring (bicyclic) bond motifs is 1. The van der Waals surface area contributed by atoms with Gasteiger partial charge in [0.25, 0.3) is 11.8 Å². The Morgan fingerprint density at radius 2 is 0.704 bits per heavy atom. The summed E-state index contributed by atoms with van der Waals surface area (Å²) in [6.45, 7) is 7.43. The Morgan fingerprint density at radius 3 is 1.02 bits per heavy atom. The summed E-state index contributed by atoms with van der Waals surface area (Å²) in [6.07, 6.45) is 0. The Kier molecular flexibility index (Phi) is 11.6. The molecule has 0 saturated heterocycles. The molecule has 6 amide bonds. The van der Waals surface area contributed by atoms with Crippen molar-refractivity contribution in [3.05, 3.63) is 191 Å². The van der Waals surface area contributed by atoms with Crippen LogP contribution in [0.15, 0.2) is 158 Å². The number of nitrogens with zero attached hydrogens (tertiary/aromatic N) is 2. The van der Waals surface area contributed by atoms with Crippen molar-refractivity contribution in [3.63, 3.8) is 0 Å². The molecule has 0 heterocycles. The first-order chi connectivity index (χ1) is 26.1. The van der Waals surface area contributed by atoms with E-state index in [0.29, 0.717) is 21.9 Å². The minimum absolute atomic E-state index is 0.320. The van der Waals surface area contributed by atoms with Crippen molar-refractivity contribution >= 4 is 34.6 Å². The molecule has 0 aromatic heterocycles. The summed E-state index contributed by atoms with van der Waals surface area (Å²) in [5, 5.41) is 7.42. The van der Waals surface area contributed by atoms with Crippen LogP contribution in [0.3, 0.4) is 0 Å². The summed E-state index contributed by atoms with van der Waals surface area (Å²) in [7, 11) is 0. The van der Waals surface area contributed by atoms with Gasteiger partial charge in [0.05, 0.1) is 24.2 Å². The molecule has 0 aliphatic carbocycles. The Hall–Kier alpha value is -6.54. The molecule has 2 N–H and O–H groups in total. The molecule has 6 rings (SSSR count). The van der Waals surface area contributed by atoms with Gasteiger partial charge in [0.15, 0.2) is 0 Å². The zero-order chi connectivity index (χ0) is 38.2. The first-order valence-corrected chi connectivity index (χ1v) is 18.1. The summed E-state index contributed by atoms with van der Waals surface area (Å²) < 4.78 is 0. The fourth-order valence-corrected chi connectivity index (χ4v) is 6.60. The second kappa shape index (κ2) is 16.9. The maximum Gasteiger partial charge on any atom is 0.325 e. The van der Waals surface area contributed by atoms with E-state index in [1.54, 1.807) is 36.4 Å². The lowest BCUT2D eigenvalue weighted by molar-refractivity contribution is 0.0736. The van der Waals surface area contributed by atoms with Gasteiger partial charge >= 0.3 is 12.1 Å². The minimum Gasteiger partial charge on any atom is -0.331 e. The summed E-state index contributed by atoms with van der Waals surface area (Å²) >= 11 is 0. The van der Waals surface area contributed by atoms with Gasteiger partial charge in [-0.3, -0.25) is 19.4 Å². The molecule has 6 aromatic rings. The van der Waals surface area contributed by atoms with E-state index in [0.717, 1.165) is 22.3 Å². The van der Waals surface area contributed by atoms with E-state index in [-0.39, 0.29) is 12.1 Å². The molecule has 4 atom stereocenters. The molecule has 0 aliphatic heterocycles. The van der Waals surface area contributed by atoms with Gasteiger partial charge in [-0.05, 0) is 85.0 Å². The molecule has 0 bridgehead atoms. The fourth-order valence-electron chi connectivity index (χ4n) is 6.60. The van der Waals surface area contributed by atoms with Crippen LogP contribution >= 0.6 is 0 Å². The van der Waals surface area contributed by atoms with E-state index in [1.165, 1.54) is 9.80 Å². The van der Waals surface area contributed by atoms with E-state index < -0.39 is 36.0 Å². The first-order valence-electron chi connectivity index (χ1n) is 18.1. The largest absolute Gasteiger partial charge is 0.331 e. The monoisotopic (exact) mass is 716 g/mol. The van der Waals surface area contributed by atoms with Crippen molar-refractivity contribution in [1.29, 1.82) is 0 Å². The van der Waals surface area contributed by atoms with Crippen molar-refractivity contribution in [2.45, 2.75) is 51.9 Å². The van der Waals surface area contributed by atoms with Gasteiger partial charge in [-0.1, -0.05) is 133 Å². The van der Waals surface area contributed by atoms with Crippen LogP contribution in [-0.4, -0.2) is 33.7 Å². The Balaban J connectivity index is 1.28. The van der Waals surface area contributed by atoms with Crippen molar-refractivity contribution in [1.82, 2.24) is 20.4 Å². The number of carbonyl (C=O) groups is 4. The normalized spacial score (nSPS) is 13.2. The smallest absolute Gasteiger partial charge is 0.325 e. The number of rotatable bonds is 10. The summed E-state index contributed by atoms with van der Waals surface area (Å²) in [5.41, 5.74) is 4.10. The Labute approximate surface area is 316 Å². The molecule has 8 heteroatoms. The lowest BCUT2D eigenvalue weighted by Gasteiger charge is -2.30. The summed E-state index contributed by atoms with van der Waals surface area (Å²) in [5.74, 6) is -0.920. The van der Waals surface area contributed by atoms with Crippen LogP contribution in [-0.2, 0) is 0 Å². The number of nitrogens with one attached hydrogen (secondary N) is 2. The maximum absolute atomic E-state index is 14.3. The van der Waals surface area contributed by atoms with E-state index >= 15 is 0 Å². The van der Waals surface area contributed by atoms with E-state index in [2.05, 4.69) is 10.6 Å². The van der Waals surface area contributed by atoms with Gasteiger partial charge in [0.1, 0.15) is 0 Å². The molecule has 0 aliphatic rings. The van der Waals surface area contributed by atoms with E-state index in [9.17, 15) is 19.2 Å². The Morgan fingerprint density at radius 1 is 0.407 bits per heavy atom. The molecule has 54 heavy (non-hydrogen) atoms. The zero-order valence-corrected chi connectivity index (χ0v) is 30.8. The number of imide groups is 2. The Bertz CT molecular complexity index is 2070. The van der Waals surface area contributed by atoms with Crippen LogP contribution in [0.25, 0.3) is 10.8 Å². The van der Waals surface area contributed by atoms with Crippen LogP contribution in [0.5, 0.6) is 0 Å². The highest BCUT2D eigenvalue weighted by atomic mass is 16.2. The van der Waals surface area contributed by atoms with Crippen molar-refractivity contribution in [2.75, 3.05) is 0 Å². The van der Waals surface area contributed by atoms with E-state index in [1.807, 2.05) is 149 Å². The zero-order valence-electron chi connectivity index (χ0n) is 30.8. The van der Waals surface area contributed by atoms with Gasteiger partial charge in [0, 0.05) is 11.1 Å². The highest BCUT2D eigenvalue weighted by Gasteiger charge is 2.32. The lowest BCUT2D eigenvalue weighted by Crippen LogP contribution is -2.46. The summed E-state index contributed by atoms with van der Waals surface area (Å²) in [6, 6.07) is 45.5. The lowest BCUT2D eigenvalue weighted by atomic mass is 10.0. The van der Waals surface area contributed by atoms with Gasteiger partial charge in [-0.25, -0.2) is 9.59 Å². The number of carbonyl (C=O) groups excluding carboxylic acids is 4. The van der Waals surface area contributed by atoms with Crippen molar-refractivity contribution in [3.8, 4) is 0 Å². The van der Waals surface area contributed by atoms with Crippen LogP contribution in [0.2, 0.25) is 0 Å². The van der Waals surface area contributed by atoms with Crippen LogP contribution in [0.4, 0.5) is 9.59 Å². The molecule has 0 saturated carbocycles. The molecular weight excluding hydrogens is 673 g/mol. The second-order valence-corrected chi connectivity index (χ2v) is 13.5. The van der Waals surface area contributed by atoms with Gasteiger partial charge in [0.2, 0.25) is 0 Å². The average molecular weight is 717 g/mol. The number of benzene rings is 6. The highest BCUT2D eigenvalue weighted by Crippen LogP contribution is 2.28. The summed E-state index contributed by atoms with van der Waals surface area (Å²) in [4.78, 5) is 58.8. The van der Waals surface area contributed by atoms with Crippen molar-refractivity contribution < 1.29 is 19.2 Å². The molecule has 0 unspecified atom stereocenters. The molecule has 0 spiro atoms.